The number of carbonyl (C=O) groups excluding carboxylic acids is 1. The van der Waals surface area contributed by atoms with Crippen molar-refractivity contribution in [2.45, 2.75) is 26.2 Å². The Bertz CT molecular complexity index is 538. The Hall–Kier alpha value is -2.10. The maximum absolute atomic E-state index is 12.1. The Morgan fingerprint density at radius 2 is 2.05 bits per heavy atom. The number of amides is 1. The Labute approximate surface area is 125 Å². The van der Waals surface area contributed by atoms with E-state index in [1.165, 1.54) is 0 Å². The molecule has 0 saturated carbocycles. The van der Waals surface area contributed by atoms with Gasteiger partial charge in [0.05, 0.1) is 5.41 Å². The number of hydrogen-bond acceptors (Lipinski definition) is 2. The topological polar surface area (TPSA) is 57.6 Å². The van der Waals surface area contributed by atoms with Gasteiger partial charge in [-0.2, -0.15) is 0 Å². The normalized spacial score (nSPS) is 21.9. The number of nitrogens with zero attached hydrogens (tertiary/aromatic N) is 1. The second-order valence-corrected chi connectivity index (χ2v) is 5.78. The van der Waals surface area contributed by atoms with Crippen LogP contribution in [0.4, 0.5) is 0 Å². The maximum atomic E-state index is 12.1. The summed E-state index contributed by atoms with van der Waals surface area (Å²) in [5, 5.41) is 9.16. The van der Waals surface area contributed by atoms with Crippen molar-refractivity contribution in [2.24, 2.45) is 5.41 Å². The van der Waals surface area contributed by atoms with Crippen LogP contribution in [0.25, 0.3) is 6.08 Å². The van der Waals surface area contributed by atoms with Gasteiger partial charge < -0.3 is 10.0 Å². The van der Waals surface area contributed by atoms with E-state index >= 15 is 0 Å². The Kier molecular flexibility index (Phi) is 4.78. The van der Waals surface area contributed by atoms with Gasteiger partial charge in [-0.1, -0.05) is 42.5 Å². The van der Waals surface area contributed by atoms with Crippen molar-refractivity contribution in [3.8, 4) is 0 Å². The lowest BCUT2D eigenvalue weighted by Gasteiger charge is -2.19. The molecule has 1 aliphatic rings. The van der Waals surface area contributed by atoms with E-state index in [1.54, 1.807) is 11.8 Å². The molecule has 1 aromatic rings. The average molecular weight is 287 g/mol. The largest absolute Gasteiger partial charge is 0.481 e. The van der Waals surface area contributed by atoms with Gasteiger partial charge in [-0.25, -0.2) is 0 Å². The van der Waals surface area contributed by atoms with Crippen molar-refractivity contribution in [3.63, 3.8) is 0 Å². The molecule has 1 heterocycles. The van der Waals surface area contributed by atoms with Crippen molar-refractivity contribution in [2.75, 3.05) is 13.1 Å². The highest BCUT2D eigenvalue weighted by Crippen LogP contribution is 2.30. The third kappa shape index (κ3) is 3.94. The van der Waals surface area contributed by atoms with Gasteiger partial charge in [0.1, 0.15) is 0 Å². The number of carboxylic acids is 1. The van der Waals surface area contributed by atoms with E-state index in [-0.39, 0.29) is 5.91 Å². The first-order valence-corrected chi connectivity index (χ1v) is 7.24. The number of carboxylic acid groups (broad SMARTS) is 1. The molecule has 1 atom stereocenters. The van der Waals surface area contributed by atoms with E-state index in [2.05, 4.69) is 0 Å². The van der Waals surface area contributed by atoms with Gasteiger partial charge in [-0.15, -0.1) is 0 Å². The van der Waals surface area contributed by atoms with Crippen molar-refractivity contribution < 1.29 is 14.7 Å². The molecule has 1 amide bonds. The number of carbonyl (C=O) groups is 2. The summed E-state index contributed by atoms with van der Waals surface area (Å²) in [5.74, 6) is -0.778. The van der Waals surface area contributed by atoms with Crippen molar-refractivity contribution in [1.29, 1.82) is 0 Å². The van der Waals surface area contributed by atoms with E-state index in [4.69, 9.17) is 5.11 Å². The average Bonchev–Trinajstić information content (AvgIpc) is 2.89. The predicted octanol–water partition coefficient (Wildman–Crippen LogP) is 2.80. The maximum Gasteiger partial charge on any atom is 0.311 e. The summed E-state index contributed by atoms with van der Waals surface area (Å²) in [7, 11) is 0. The Morgan fingerprint density at radius 3 is 2.67 bits per heavy atom. The van der Waals surface area contributed by atoms with Crippen molar-refractivity contribution >= 4 is 18.0 Å². The number of aliphatic carboxylic acids is 1. The fourth-order valence-electron chi connectivity index (χ4n) is 2.50. The Morgan fingerprint density at radius 1 is 1.33 bits per heavy atom. The van der Waals surface area contributed by atoms with Gasteiger partial charge in [0.25, 0.3) is 0 Å². The molecule has 1 unspecified atom stereocenters. The second kappa shape index (κ2) is 6.57. The van der Waals surface area contributed by atoms with Gasteiger partial charge >= 0.3 is 5.97 Å². The van der Waals surface area contributed by atoms with Crippen LogP contribution in [0.15, 0.2) is 36.4 Å². The summed E-state index contributed by atoms with van der Waals surface area (Å²) in [6.07, 6.45) is 5.62. The van der Waals surface area contributed by atoms with Crippen molar-refractivity contribution in [3.05, 3.63) is 42.0 Å². The van der Waals surface area contributed by atoms with Crippen LogP contribution in [0.5, 0.6) is 0 Å². The molecular weight excluding hydrogens is 266 g/mol. The molecule has 1 N–H and O–H groups in total. The zero-order valence-electron chi connectivity index (χ0n) is 12.3. The van der Waals surface area contributed by atoms with Crippen LogP contribution in [-0.4, -0.2) is 35.0 Å². The summed E-state index contributed by atoms with van der Waals surface area (Å²) in [6, 6.07) is 9.94. The zero-order chi connectivity index (χ0) is 15.3. The number of likely N-dealkylation sites (tertiary alicyclic amines) is 1. The molecule has 0 aromatic heterocycles. The highest BCUT2D eigenvalue weighted by molar-refractivity contribution is 5.80. The smallest absolute Gasteiger partial charge is 0.311 e. The molecule has 0 spiro atoms. The van der Waals surface area contributed by atoms with Crippen molar-refractivity contribution in [1.82, 2.24) is 4.90 Å². The van der Waals surface area contributed by atoms with E-state index in [9.17, 15) is 9.59 Å². The summed E-state index contributed by atoms with van der Waals surface area (Å²) < 4.78 is 0. The quantitative estimate of drug-likeness (QED) is 0.906. The molecule has 0 aliphatic carbocycles. The second-order valence-electron chi connectivity index (χ2n) is 5.78. The first-order chi connectivity index (χ1) is 10.0. The van der Waals surface area contributed by atoms with E-state index in [0.717, 1.165) is 5.56 Å². The van der Waals surface area contributed by atoms with Crippen LogP contribution < -0.4 is 0 Å². The van der Waals surface area contributed by atoms with Crippen LogP contribution in [0.2, 0.25) is 0 Å². The number of hydrogen-bond donors (Lipinski definition) is 1. The first-order valence-electron chi connectivity index (χ1n) is 7.24. The molecule has 4 heteroatoms. The van der Waals surface area contributed by atoms with Gasteiger partial charge in [0, 0.05) is 19.5 Å². The standard InChI is InChI=1S/C17H21NO3/c1-17(16(20)21)11-12-18(13-17)15(19)10-6-5-9-14-7-3-2-4-8-14/h2-5,7-9H,6,10-13H2,1H3,(H,20,21). The zero-order valence-corrected chi connectivity index (χ0v) is 12.3. The molecule has 1 saturated heterocycles. The van der Waals surface area contributed by atoms with Crippen LogP contribution in [0, 0.1) is 5.41 Å². The molecule has 4 nitrogen and oxygen atoms in total. The fourth-order valence-corrected chi connectivity index (χ4v) is 2.50. The van der Waals surface area contributed by atoms with E-state index in [1.807, 2.05) is 42.5 Å². The molecule has 0 radical (unpaired) electrons. The minimum absolute atomic E-state index is 0.0395. The molecular formula is C17H21NO3. The number of rotatable bonds is 5. The van der Waals surface area contributed by atoms with E-state index in [0.29, 0.717) is 32.4 Å². The highest BCUT2D eigenvalue weighted by atomic mass is 16.4. The highest BCUT2D eigenvalue weighted by Gasteiger charge is 2.41. The van der Waals surface area contributed by atoms with E-state index < -0.39 is 11.4 Å². The molecule has 1 aromatic carbocycles. The van der Waals surface area contributed by atoms with Gasteiger partial charge in [-0.3, -0.25) is 9.59 Å². The van der Waals surface area contributed by atoms with Gasteiger partial charge in [-0.05, 0) is 25.3 Å². The van der Waals surface area contributed by atoms with Gasteiger partial charge in [0.2, 0.25) is 5.91 Å². The van der Waals surface area contributed by atoms with Crippen LogP contribution in [0.1, 0.15) is 31.7 Å². The lowest BCUT2D eigenvalue weighted by Crippen LogP contribution is -2.34. The SMILES string of the molecule is CC1(C(=O)O)CCN(C(=O)CCC=Cc2ccccc2)C1. The third-order valence-corrected chi connectivity index (χ3v) is 3.98. The first kappa shape index (κ1) is 15.3. The monoisotopic (exact) mass is 287 g/mol. The van der Waals surface area contributed by atoms with Crippen LogP contribution >= 0.6 is 0 Å². The minimum Gasteiger partial charge on any atom is -0.481 e. The number of benzene rings is 1. The summed E-state index contributed by atoms with van der Waals surface area (Å²) in [6.45, 7) is 2.57. The summed E-state index contributed by atoms with van der Waals surface area (Å²) in [4.78, 5) is 24.9. The van der Waals surface area contributed by atoms with Crippen LogP contribution in [-0.2, 0) is 9.59 Å². The molecule has 1 aliphatic heterocycles. The molecule has 21 heavy (non-hydrogen) atoms. The predicted molar refractivity (Wildman–Crippen MR) is 81.6 cm³/mol. The van der Waals surface area contributed by atoms with Crippen LogP contribution in [0.3, 0.4) is 0 Å². The minimum atomic E-state index is -0.818. The Balaban J connectivity index is 1.78. The summed E-state index contributed by atoms with van der Waals surface area (Å²) in [5.41, 5.74) is 0.333. The molecule has 2 rings (SSSR count). The molecule has 0 bridgehead atoms. The molecule has 112 valence electrons. The number of allylic oxidation sites excluding steroid dienone is 1. The fraction of sp³-hybridized carbons (Fsp3) is 0.412. The lowest BCUT2D eigenvalue weighted by atomic mass is 9.90. The molecule has 1 fully saturated rings. The lowest BCUT2D eigenvalue weighted by molar-refractivity contribution is -0.147. The third-order valence-electron chi connectivity index (χ3n) is 3.98. The summed E-state index contributed by atoms with van der Waals surface area (Å²) >= 11 is 0. The van der Waals surface area contributed by atoms with Gasteiger partial charge in [0.15, 0.2) is 0 Å².